The van der Waals surface area contributed by atoms with E-state index in [2.05, 4.69) is 20.8 Å². The van der Waals surface area contributed by atoms with Crippen LogP contribution in [-0.4, -0.2) is 31.3 Å². The maximum atomic E-state index is 6.01. The maximum absolute atomic E-state index is 6.01. The highest BCUT2D eigenvalue weighted by molar-refractivity contribution is 7.80. The van der Waals surface area contributed by atoms with Crippen molar-refractivity contribution >= 4 is 40.3 Å². The molecule has 2 N–H and O–H groups in total. The molecule has 0 aliphatic heterocycles. The highest BCUT2D eigenvalue weighted by atomic mass is 35.5. The summed E-state index contributed by atoms with van der Waals surface area (Å²) in [7, 11) is 0. The van der Waals surface area contributed by atoms with E-state index in [-0.39, 0.29) is 0 Å². The lowest BCUT2D eigenvalue weighted by molar-refractivity contribution is 0.0792. The van der Waals surface area contributed by atoms with E-state index in [0.717, 1.165) is 16.9 Å². The summed E-state index contributed by atoms with van der Waals surface area (Å²) in [6.45, 7) is 3.62. The smallest absolute Gasteiger partial charge is 0.175 e. The van der Waals surface area contributed by atoms with Crippen LogP contribution in [0.5, 0.6) is 0 Å². The number of nitrogens with one attached hydrogen (secondary N) is 2. The quantitative estimate of drug-likeness (QED) is 0.601. The Balaban J connectivity index is 1.53. The van der Waals surface area contributed by atoms with Crippen molar-refractivity contribution in [1.29, 1.82) is 0 Å². The van der Waals surface area contributed by atoms with E-state index >= 15 is 0 Å². The van der Waals surface area contributed by atoms with E-state index in [1.807, 2.05) is 48.3 Å². The average Bonchev–Trinajstić information content (AvgIpc) is 3.22. The average molecular weight is 391 g/mol. The van der Waals surface area contributed by atoms with Gasteiger partial charge in [0.25, 0.3) is 0 Å². The van der Waals surface area contributed by atoms with Crippen LogP contribution in [0.2, 0.25) is 5.02 Å². The summed E-state index contributed by atoms with van der Waals surface area (Å²) < 4.78 is 8.81. The lowest BCUT2D eigenvalue weighted by Crippen LogP contribution is -2.18. The molecule has 0 aliphatic carbocycles. The lowest BCUT2D eigenvalue weighted by Gasteiger charge is -2.06. The number of halogens is 1. The molecule has 1 aromatic carbocycles. The molecule has 3 rings (SSSR count). The van der Waals surface area contributed by atoms with Crippen molar-refractivity contribution in [2.45, 2.75) is 20.2 Å². The van der Waals surface area contributed by atoms with Crippen molar-refractivity contribution in [1.82, 2.24) is 19.6 Å². The fraction of sp³-hybridized carbons (Fsp3) is 0.235. The Labute approximate surface area is 161 Å². The number of hydrogen-bond donors (Lipinski definition) is 2. The maximum Gasteiger partial charge on any atom is 0.175 e. The van der Waals surface area contributed by atoms with E-state index in [1.54, 1.807) is 17.1 Å². The van der Waals surface area contributed by atoms with Crippen LogP contribution in [0, 0.1) is 0 Å². The Morgan fingerprint density at radius 1 is 1.15 bits per heavy atom. The third-order valence-electron chi connectivity index (χ3n) is 3.44. The highest BCUT2D eigenvalue weighted by Gasteiger charge is 2.05. The molecule has 0 radical (unpaired) electrons. The monoisotopic (exact) mass is 390 g/mol. The normalized spacial score (nSPS) is 10.7. The molecule has 9 heteroatoms. The fourth-order valence-electron chi connectivity index (χ4n) is 2.31. The molecular weight excluding hydrogens is 372 g/mol. The Morgan fingerprint density at radius 2 is 1.85 bits per heavy atom. The number of rotatable bonds is 7. The van der Waals surface area contributed by atoms with Crippen molar-refractivity contribution in [2.75, 3.05) is 17.2 Å². The molecule has 0 amide bonds. The van der Waals surface area contributed by atoms with Gasteiger partial charge in [-0.15, -0.1) is 0 Å². The van der Waals surface area contributed by atoms with Gasteiger partial charge in [0, 0.05) is 17.8 Å². The molecule has 0 aliphatic rings. The molecule has 26 heavy (non-hydrogen) atoms. The van der Waals surface area contributed by atoms with Gasteiger partial charge in [-0.25, -0.2) is 4.68 Å². The van der Waals surface area contributed by atoms with Gasteiger partial charge < -0.3 is 15.4 Å². The SMILES string of the molecule is CCOCn1cc(NC(=S)Nc2cnn(Cc3cccc(Cl)c3)c2)cn1. The zero-order valence-corrected chi connectivity index (χ0v) is 15.8. The van der Waals surface area contributed by atoms with Gasteiger partial charge in [-0.1, -0.05) is 23.7 Å². The third-order valence-corrected chi connectivity index (χ3v) is 3.88. The topological polar surface area (TPSA) is 68.9 Å². The Bertz CT molecular complexity index is 878. The van der Waals surface area contributed by atoms with E-state index in [1.165, 1.54) is 0 Å². The van der Waals surface area contributed by atoms with Crippen molar-refractivity contribution in [3.05, 3.63) is 59.6 Å². The van der Waals surface area contributed by atoms with Crippen molar-refractivity contribution < 1.29 is 4.74 Å². The Hall–Kier alpha value is -2.42. The van der Waals surface area contributed by atoms with Crippen LogP contribution in [0.1, 0.15) is 12.5 Å². The standard InChI is InChI=1S/C17H19ClN6OS/c1-2-25-12-24-11-16(8-20-24)22-17(26)21-15-7-19-23(10-15)9-13-4-3-5-14(18)6-13/h3-8,10-11H,2,9,12H2,1H3,(H2,21,22,26). The minimum Gasteiger partial charge on any atom is -0.360 e. The van der Waals surface area contributed by atoms with Crippen LogP contribution >= 0.6 is 23.8 Å². The van der Waals surface area contributed by atoms with Gasteiger partial charge >= 0.3 is 0 Å². The summed E-state index contributed by atoms with van der Waals surface area (Å²) >= 11 is 11.3. The van der Waals surface area contributed by atoms with E-state index < -0.39 is 0 Å². The van der Waals surface area contributed by atoms with Crippen LogP contribution in [0.15, 0.2) is 49.1 Å². The molecule has 7 nitrogen and oxygen atoms in total. The highest BCUT2D eigenvalue weighted by Crippen LogP contribution is 2.13. The van der Waals surface area contributed by atoms with Crippen LogP contribution in [0.4, 0.5) is 11.4 Å². The first kappa shape index (κ1) is 18.4. The predicted octanol–water partition coefficient (Wildman–Crippen LogP) is 3.58. The lowest BCUT2D eigenvalue weighted by atomic mass is 10.2. The van der Waals surface area contributed by atoms with Crippen molar-refractivity contribution in [3.8, 4) is 0 Å². The first-order chi connectivity index (χ1) is 12.6. The van der Waals surface area contributed by atoms with Gasteiger partial charge in [0.1, 0.15) is 6.73 Å². The second-order valence-corrected chi connectivity index (χ2v) is 6.37. The summed E-state index contributed by atoms with van der Waals surface area (Å²) in [6.07, 6.45) is 7.12. The van der Waals surface area contributed by atoms with Crippen LogP contribution in [-0.2, 0) is 18.0 Å². The van der Waals surface area contributed by atoms with Gasteiger partial charge in [-0.3, -0.25) is 4.68 Å². The fourth-order valence-corrected chi connectivity index (χ4v) is 2.76. The van der Waals surface area contributed by atoms with Gasteiger partial charge in [0.15, 0.2) is 5.11 Å². The second kappa shape index (κ2) is 8.79. The minimum atomic E-state index is 0.411. The summed E-state index contributed by atoms with van der Waals surface area (Å²) in [5.41, 5.74) is 2.66. The summed E-state index contributed by atoms with van der Waals surface area (Å²) in [4.78, 5) is 0. The number of benzene rings is 1. The van der Waals surface area contributed by atoms with Gasteiger partial charge in [0.05, 0.1) is 36.5 Å². The molecule has 136 valence electrons. The molecule has 3 aromatic rings. The number of nitrogens with zero attached hydrogens (tertiary/aromatic N) is 4. The number of thiocarbonyl (C=S) groups is 1. The molecule has 0 bridgehead atoms. The molecule has 0 unspecified atom stereocenters. The Morgan fingerprint density at radius 3 is 2.54 bits per heavy atom. The van der Waals surface area contributed by atoms with E-state index in [9.17, 15) is 0 Å². The molecule has 2 aromatic heterocycles. The molecule has 0 saturated heterocycles. The summed E-state index contributed by atoms with van der Waals surface area (Å²) in [5.74, 6) is 0. The summed E-state index contributed by atoms with van der Waals surface area (Å²) in [5, 5.41) is 15.9. The molecule has 0 fully saturated rings. The third kappa shape index (κ3) is 5.29. The molecule has 0 saturated carbocycles. The van der Waals surface area contributed by atoms with Crippen LogP contribution in [0.3, 0.4) is 0 Å². The van der Waals surface area contributed by atoms with E-state index in [4.69, 9.17) is 28.6 Å². The molecule has 0 atom stereocenters. The summed E-state index contributed by atoms with van der Waals surface area (Å²) in [6, 6.07) is 7.70. The van der Waals surface area contributed by atoms with Crippen LogP contribution < -0.4 is 10.6 Å². The second-order valence-electron chi connectivity index (χ2n) is 5.53. The minimum absolute atomic E-state index is 0.411. The van der Waals surface area contributed by atoms with Crippen LogP contribution in [0.25, 0.3) is 0 Å². The molecule has 2 heterocycles. The van der Waals surface area contributed by atoms with E-state index in [0.29, 0.717) is 30.0 Å². The van der Waals surface area contributed by atoms with Gasteiger partial charge in [-0.05, 0) is 36.8 Å². The number of hydrogen-bond acceptors (Lipinski definition) is 4. The first-order valence-corrected chi connectivity index (χ1v) is 8.86. The number of ether oxygens (including phenoxy) is 1. The van der Waals surface area contributed by atoms with Crippen molar-refractivity contribution in [2.24, 2.45) is 0 Å². The van der Waals surface area contributed by atoms with Crippen molar-refractivity contribution in [3.63, 3.8) is 0 Å². The first-order valence-electron chi connectivity index (χ1n) is 8.07. The van der Waals surface area contributed by atoms with Gasteiger partial charge in [0.2, 0.25) is 0 Å². The molecular formula is C17H19ClN6OS. The number of anilines is 2. The number of aromatic nitrogens is 4. The largest absolute Gasteiger partial charge is 0.360 e. The van der Waals surface area contributed by atoms with Gasteiger partial charge in [-0.2, -0.15) is 10.2 Å². The molecule has 0 spiro atoms. The predicted molar refractivity (Wildman–Crippen MR) is 106 cm³/mol. The zero-order valence-electron chi connectivity index (χ0n) is 14.2. The Kier molecular flexibility index (Phi) is 6.21. The zero-order chi connectivity index (χ0) is 18.4.